The maximum atomic E-state index is 9.02. The topological polar surface area (TPSA) is 172 Å². The number of amidine groups is 2. The molecule has 0 fully saturated rings. The molecule has 2 heterocycles. The molecule has 0 saturated heterocycles. The third-order valence-corrected chi connectivity index (χ3v) is 5.40. The summed E-state index contributed by atoms with van der Waals surface area (Å²) in [4.78, 5) is 8.13. The Morgan fingerprint density at radius 3 is 2.31 bits per heavy atom. The molecule has 2 aromatic heterocycles. The molecule has 0 amide bonds. The summed E-state index contributed by atoms with van der Waals surface area (Å²) in [6, 6.07) is 10.3. The van der Waals surface area contributed by atoms with Crippen LogP contribution in [0.2, 0.25) is 0 Å². The number of H-pyrrole nitrogens is 1. The quantitative estimate of drug-likeness (QED) is 0.133. The maximum Gasteiger partial charge on any atom is 0.149 e. The summed E-state index contributed by atoms with van der Waals surface area (Å²) in [5, 5.41) is 42.2. The van der Waals surface area contributed by atoms with Crippen LogP contribution < -0.4 is 11.0 Å². The number of aromatic amines is 1. The van der Waals surface area contributed by atoms with Gasteiger partial charge in [0.2, 0.25) is 0 Å². The monoisotopic (exact) mass is 435 g/mol. The SMILES string of the molecule is CC(C)CCC(c1nc2cc(C(=N)NO)ccc2[nH]1)n1nnc2cc(C(=N)NO)ccc21. The number of hydrogen-bond acceptors (Lipinski definition) is 7. The van der Waals surface area contributed by atoms with Gasteiger partial charge in [-0.25, -0.2) is 9.67 Å². The molecule has 4 rings (SSSR count). The second-order valence-electron chi connectivity index (χ2n) is 8.05. The van der Waals surface area contributed by atoms with Crippen molar-refractivity contribution in [1.82, 2.24) is 35.9 Å². The zero-order valence-corrected chi connectivity index (χ0v) is 17.7. The minimum atomic E-state index is -0.199. The standard InChI is InChI=1S/C21H25N9O2/c1-11(2)3-7-18(21-24-14-6-4-12(19(22)27-31)9-15(14)25-21)30-17-8-5-13(20(23)28-32)10-16(17)26-29-30/h4-6,8-11,18,31-32H,3,7H2,1-2H3,(H2,22,27)(H2,23,28)(H,24,25). The van der Waals surface area contributed by atoms with E-state index in [1.807, 2.05) is 27.8 Å². The fourth-order valence-corrected chi connectivity index (χ4v) is 3.66. The Bertz CT molecular complexity index is 1290. The first kappa shape index (κ1) is 21.4. The van der Waals surface area contributed by atoms with Gasteiger partial charge in [-0.3, -0.25) is 32.2 Å². The summed E-state index contributed by atoms with van der Waals surface area (Å²) < 4.78 is 1.83. The summed E-state index contributed by atoms with van der Waals surface area (Å²) in [6.45, 7) is 4.32. The summed E-state index contributed by atoms with van der Waals surface area (Å²) in [5.41, 5.74) is 7.63. The van der Waals surface area contributed by atoms with Gasteiger partial charge in [0.1, 0.15) is 29.1 Å². The molecule has 11 heteroatoms. The Balaban J connectivity index is 1.77. The van der Waals surface area contributed by atoms with Crippen LogP contribution in [0.4, 0.5) is 0 Å². The molecule has 1 atom stereocenters. The fourth-order valence-electron chi connectivity index (χ4n) is 3.66. The van der Waals surface area contributed by atoms with Crippen molar-refractivity contribution in [3.63, 3.8) is 0 Å². The molecule has 32 heavy (non-hydrogen) atoms. The number of nitrogens with one attached hydrogen (secondary N) is 5. The molecule has 4 aromatic rings. The van der Waals surface area contributed by atoms with E-state index < -0.39 is 0 Å². The van der Waals surface area contributed by atoms with Crippen LogP contribution in [-0.4, -0.2) is 47.0 Å². The van der Waals surface area contributed by atoms with Crippen molar-refractivity contribution in [3.05, 3.63) is 53.3 Å². The van der Waals surface area contributed by atoms with E-state index in [4.69, 9.17) is 26.2 Å². The van der Waals surface area contributed by atoms with Gasteiger partial charge in [0, 0.05) is 11.1 Å². The highest BCUT2D eigenvalue weighted by Gasteiger charge is 2.22. The molecule has 2 aromatic carbocycles. The number of hydrogen-bond donors (Lipinski definition) is 7. The van der Waals surface area contributed by atoms with Crippen LogP contribution in [0.15, 0.2) is 36.4 Å². The Hall–Kier alpha value is -3.83. The van der Waals surface area contributed by atoms with Crippen molar-refractivity contribution >= 4 is 33.7 Å². The predicted molar refractivity (Wildman–Crippen MR) is 119 cm³/mol. The van der Waals surface area contributed by atoms with Crippen molar-refractivity contribution in [2.24, 2.45) is 5.92 Å². The number of aromatic nitrogens is 5. The van der Waals surface area contributed by atoms with Gasteiger partial charge in [0.05, 0.1) is 16.6 Å². The van der Waals surface area contributed by atoms with Crippen LogP contribution in [0.3, 0.4) is 0 Å². The van der Waals surface area contributed by atoms with Crippen molar-refractivity contribution in [2.75, 3.05) is 0 Å². The second kappa shape index (κ2) is 8.73. The lowest BCUT2D eigenvalue weighted by atomic mass is 10.0. The van der Waals surface area contributed by atoms with E-state index >= 15 is 0 Å². The van der Waals surface area contributed by atoms with Gasteiger partial charge < -0.3 is 4.98 Å². The average Bonchev–Trinajstić information content (AvgIpc) is 3.41. The molecule has 7 N–H and O–H groups in total. The molecule has 0 bridgehead atoms. The van der Waals surface area contributed by atoms with E-state index in [2.05, 4.69) is 29.1 Å². The number of rotatable bonds is 7. The van der Waals surface area contributed by atoms with Crippen LogP contribution in [-0.2, 0) is 0 Å². The van der Waals surface area contributed by atoms with Gasteiger partial charge in [0.25, 0.3) is 0 Å². The fraction of sp³-hybridized carbons (Fsp3) is 0.286. The zero-order valence-electron chi connectivity index (χ0n) is 17.7. The third kappa shape index (κ3) is 4.03. The average molecular weight is 435 g/mol. The molecular weight excluding hydrogens is 410 g/mol. The summed E-state index contributed by atoms with van der Waals surface area (Å²) in [6.07, 6.45) is 1.73. The number of fused-ring (bicyclic) bond motifs is 2. The Kier molecular flexibility index (Phi) is 5.84. The van der Waals surface area contributed by atoms with Gasteiger partial charge in [-0.1, -0.05) is 19.1 Å². The number of nitrogens with zero attached hydrogens (tertiary/aromatic N) is 4. The highest BCUT2D eigenvalue weighted by Crippen LogP contribution is 2.28. The Labute approximate surface area is 183 Å². The summed E-state index contributed by atoms with van der Waals surface area (Å²) in [5.74, 6) is 0.992. The highest BCUT2D eigenvalue weighted by molar-refractivity contribution is 5.99. The molecule has 0 radical (unpaired) electrons. The van der Waals surface area contributed by atoms with Gasteiger partial charge >= 0.3 is 0 Å². The lowest BCUT2D eigenvalue weighted by Crippen LogP contribution is -2.18. The van der Waals surface area contributed by atoms with Crippen molar-refractivity contribution in [2.45, 2.75) is 32.7 Å². The molecule has 0 aliphatic carbocycles. The first-order chi connectivity index (χ1) is 15.4. The Morgan fingerprint density at radius 1 is 1.00 bits per heavy atom. The molecule has 1 unspecified atom stereocenters. The summed E-state index contributed by atoms with van der Waals surface area (Å²) in [7, 11) is 0. The van der Waals surface area contributed by atoms with Crippen LogP contribution >= 0.6 is 0 Å². The van der Waals surface area contributed by atoms with E-state index in [0.29, 0.717) is 28.1 Å². The van der Waals surface area contributed by atoms with Gasteiger partial charge in [-0.2, -0.15) is 0 Å². The van der Waals surface area contributed by atoms with Crippen molar-refractivity contribution in [1.29, 1.82) is 10.8 Å². The molecule has 166 valence electrons. The Morgan fingerprint density at radius 2 is 1.66 bits per heavy atom. The number of imidazole rings is 1. The molecule has 0 saturated carbocycles. The van der Waals surface area contributed by atoms with E-state index in [1.54, 1.807) is 24.3 Å². The lowest BCUT2D eigenvalue weighted by molar-refractivity contribution is 0.234. The van der Waals surface area contributed by atoms with E-state index in [0.717, 1.165) is 29.7 Å². The molecule has 11 nitrogen and oxygen atoms in total. The number of benzene rings is 2. The van der Waals surface area contributed by atoms with E-state index in [9.17, 15) is 0 Å². The smallest absolute Gasteiger partial charge is 0.149 e. The minimum absolute atomic E-state index is 0.103. The van der Waals surface area contributed by atoms with Crippen LogP contribution in [0.25, 0.3) is 22.1 Å². The highest BCUT2D eigenvalue weighted by atomic mass is 16.5. The van der Waals surface area contributed by atoms with E-state index in [-0.39, 0.29) is 17.7 Å². The van der Waals surface area contributed by atoms with Gasteiger partial charge in [0.15, 0.2) is 0 Å². The molecule has 0 spiro atoms. The first-order valence-corrected chi connectivity index (χ1v) is 10.2. The van der Waals surface area contributed by atoms with Crippen molar-refractivity contribution in [3.8, 4) is 0 Å². The second-order valence-corrected chi connectivity index (χ2v) is 8.05. The largest absolute Gasteiger partial charge is 0.340 e. The number of hydroxylamine groups is 2. The van der Waals surface area contributed by atoms with Gasteiger partial charge in [-0.05, 0) is 55.2 Å². The molecule has 0 aliphatic rings. The van der Waals surface area contributed by atoms with Crippen molar-refractivity contribution < 1.29 is 10.4 Å². The third-order valence-electron chi connectivity index (χ3n) is 5.40. The normalized spacial score (nSPS) is 12.4. The minimum Gasteiger partial charge on any atom is -0.340 e. The first-order valence-electron chi connectivity index (χ1n) is 10.2. The van der Waals surface area contributed by atoms with Crippen LogP contribution in [0.5, 0.6) is 0 Å². The van der Waals surface area contributed by atoms with E-state index in [1.165, 1.54) is 0 Å². The maximum absolute atomic E-state index is 9.02. The van der Waals surface area contributed by atoms with Gasteiger partial charge in [-0.15, -0.1) is 5.10 Å². The van der Waals surface area contributed by atoms with Crippen LogP contribution in [0, 0.1) is 16.7 Å². The lowest BCUT2D eigenvalue weighted by Gasteiger charge is -2.17. The molecular formula is C21H25N9O2. The molecule has 0 aliphatic heterocycles. The predicted octanol–water partition coefficient (Wildman–Crippen LogP) is 2.94. The zero-order chi connectivity index (χ0) is 22.8. The summed E-state index contributed by atoms with van der Waals surface area (Å²) >= 11 is 0. The van der Waals surface area contributed by atoms with Crippen LogP contribution in [0.1, 0.15) is 49.7 Å².